The molecule has 580 valence electrons. The third-order valence-electron chi connectivity index (χ3n) is 18.6. The minimum Gasteiger partial charge on any atom is -0.355 e. The smallest absolute Gasteiger partial charge is 0.259 e. The molecule has 12 rings (SSSR count). The second-order valence-electron chi connectivity index (χ2n) is 27.4. The van der Waals surface area contributed by atoms with Crippen LogP contribution in [0.2, 0.25) is 0 Å². The topological polar surface area (TPSA) is 228 Å². The summed E-state index contributed by atoms with van der Waals surface area (Å²) in [5.74, 6) is -7.56. The first-order chi connectivity index (χ1) is 59.8. The Hall–Kier alpha value is -13.1. The van der Waals surface area contributed by atoms with E-state index >= 15 is 4.39 Å². The van der Waals surface area contributed by atoms with Crippen molar-refractivity contribution >= 4 is 185 Å². The number of nitrogens with one attached hydrogen (secondary N) is 4. The maximum atomic E-state index is 15.1. The third kappa shape index (κ3) is 15.8. The summed E-state index contributed by atoms with van der Waals surface area (Å²) < 4.78 is 144. The van der Waals surface area contributed by atoms with E-state index in [1.165, 1.54) is 76.8 Å². The van der Waals surface area contributed by atoms with Gasteiger partial charge in [-0.2, -0.15) is 0 Å². The molecule has 0 atom stereocenters. The van der Waals surface area contributed by atoms with E-state index < -0.39 is 113 Å². The van der Waals surface area contributed by atoms with Crippen LogP contribution in [0.5, 0.6) is 0 Å². The van der Waals surface area contributed by atoms with Gasteiger partial charge >= 0.3 is 0 Å². The number of amides is 8. The van der Waals surface area contributed by atoms with E-state index in [1.807, 2.05) is 0 Å². The van der Waals surface area contributed by atoms with Crippen LogP contribution < -0.4 is 60.5 Å². The quantitative estimate of drug-likeness (QED) is 0.0658. The highest BCUT2D eigenvalue weighted by Gasteiger charge is 2.54. The zero-order valence-electron chi connectivity index (χ0n) is 77.9. The lowest BCUT2D eigenvalue weighted by Gasteiger charge is -2.29. The molecular formula is C84H78F2N16O8S4. The fraction of sp³-hybridized carbons (Fsp3) is 0.238. The lowest BCUT2D eigenvalue weighted by atomic mass is 10.0. The van der Waals surface area contributed by atoms with Gasteiger partial charge in [-0.05, 0) is 288 Å². The van der Waals surface area contributed by atoms with Crippen LogP contribution in [0.4, 0.5) is 77.0 Å². The molecule has 0 bridgehead atoms. The molecule has 4 saturated heterocycles. The Balaban J connectivity index is 0.000000194. The van der Waals surface area contributed by atoms with Gasteiger partial charge in [-0.25, -0.2) is 28.2 Å². The van der Waals surface area contributed by atoms with Crippen LogP contribution in [0.1, 0.15) is 140 Å². The normalized spacial score (nSPS) is 17.6. The van der Waals surface area contributed by atoms with Gasteiger partial charge in [0.25, 0.3) is 47.3 Å². The van der Waals surface area contributed by atoms with Gasteiger partial charge in [-0.3, -0.25) is 58.0 Å². The molecule has 4 aliphatic rings. The molecule has 8 aromatic rings. The summed E-state index contributed by atoms with van der Waals surface area (Å²) in [6, 6.07) is 27.2. The average molecular weight is 1620 g/mol. The minimum atomic E-state index is -2.93. The number of carbonyl (C=O) groups excluding carboxylic acids is 8. The molecule has 4 fully saturated rings. The largest absolute Gasteiger partial charge is 0.355 e. The van der Waals surface area contributed by atoms with Crippen molar-refractivity contribution in [3.63, 3.8) is 0 Å². The maximum Gasteiger partial charge on any atom is 0.259 e. The van der Waals surface area contributed by atoms with E-state index in [2.05, 4.69) is 30.0 Å². The fourth-order valence-electron chi connectivity index (χ4n) is 12.4. The Labute approximate surface area is 702 Å². The summed E-state index contributed by atoms with van der Waals surface area (Å²) in [4.78, 5) is 126. The van der Waals surface area contributed by atoms with Gasteiger partial charge in [0, 0.05) is 96.9 Å². The summed E-state index contributed by atoms with van der Waals surface area (Å²) in [5.41, 5.74) is 0.0472. The van der Waals surface area contributed by atoms with E-state index in [0.29, 0.717) is 51.1 Å². The maximum absolute atomic E-state index is 15.1. The number of hydrogen-bond donors (Lipinski definition) is 4. The number of thiocarbonyl (C=S) groups is 4. The number of benzene rings is 8. The molecule has 4 N–H and O–H groups in total. The first-order valence-electron chi connectivity index (χ1n) is 41.6. The highest BCUT2D eigenvalue weighted by Crippen LogP contribution is 2.43. The standard InChI is InChI=1S/2C21H19FN4O2S.2C21H20N4O2S/c2*1-12-10-13(7-9-17(12)23-4)25-19(28)21(2,3)26(20(25)29)14-6-8-15(16(22)11-14)18(27)24-5;2*1-13-12-16(10-11-17(13)22-4)24-19(27)21(2,3)25(20(24)28)15-8-6-14(7-9-15)18(26)23-5/h2*6-11H,1-3,5H3,(H,24,27);2*6-12H,1-3,5H3,(H,23,26)/i5D3,6D,7D,10D,11D;5D3;5D2,6D;5D,6D. The molecule has 0 radical (unpaired) electrons. The Morgan fingerprint density at radius 3 is 1.08 bits per heavy atom. The number of rotatable bonds is 12. The first kappa shape index (κ1) is 65.6. The fourth-order valence-corrected chi connectivity index (χ4v) is 14.5. The summed E-state index contributed by atoms with van der Waals surface area (Å²) >= 11 is 22.3. The SMILES string of the molecule is [2H]C([2H])([2H])NC(=O)c1ccc(N2C(=S)N(c3ccc([N+]#[C-])c(C)c3)C(=O)C2(C)C)cc1F.[2H]CNC(=O)c1ccc(N2C(=S)N(c3ccc([N+]#[C-])c(C)c3)C(=O)C2(C)C)cc1[2H].[2H]c1cc(N2C(=S)N(c3ccc([N+]#[C-])c(C)c3)C(=O)C2(C)C)ccc1C(=O)NC([2H])[2H].[2H]c1cc([N+]#[C-])c(C)c([2H])c1N1C(=O)C(C)(C)N(c2c([2H])cc(C(=O)NC([2H])([2H])[2H])c(F)c2[2H])C1=S. The van der Waals surface area contributed by atoms with E-state index in [9.17, 15) is 42.7 Å². The van der Waals surface area contributed by atoms with Crippen LogP contribution >= 0.6 is 48.9 Å². The number of hydrogen-bond acceptors (Lipinski definition) is 12. The van der Waals surface area contributed by atoms with Crippen molar-refractivity contribution in [2.75, 3.05) is 67.2 Å². The van der Waals surface area contributed by atoms with Gasteiger partial charge in [0.15, 0.2) is 43.2 Å². The van der Waals surface area contributed by atoms with E-state index in [4.69, 9.17) is 95.7 Å². The summed E-state index contributed by atoms with van der Waals surface area (Å²) in [5, 5.41) is 8.04. The van der Waals surface area contributed by atoms with Gasteiger partial charge in [0.05, 0.1) is 45.6 Å². The molecule has 30 heteroatoms. The van der Waals surface area contributed by atoms with Crippen molar-refractivity contribution in [3.8, 4) is 0 Å². The highest BCUT2D eigenvalue weighted by atomic mass is 32.1. The van der Waals surface area contributed by atoms with Crippen LogP contribution in [0.15, 0.2) is 158 Å². The molecule has 0 unspecified atom stereocenters. The molecule has 8 amide bonds. The van der Waals surface area contributed by atoms with Crippen LogP contribution in [-0.2, 0) is 19.2 Å². The first-order valence-corrected chi connectivity index (χ1v) is 35.3. The average Bonchev–Trinajstić information content (AvgIpc) is 1.55. The van der Waals surface area contributed by atoms with Crippen LogP contribution in [0.3, 0.4) is 0 Å². The summed E-state index contributed by atoms with van der Waals surface area (Å²) in [7, 11) is -0.279. The van der Waals surface area contributed by atoms with Crippen molar-refractivity contribution in [2.24, 2.45) is 0 Å². The van der Waals surface area contributed by atoms with Crippen molar-refractivity contribution in [3.05, 3.63) is 259 Å². The molecule has 114 heavy (non-hydrogen) atoms. The number of halogens is 2. The number of anilines is 8. The number of aryl methyl sites for hydroxylation is 3. The molecule has 0 aromatic heterocycles. The van der Waals surface area contributed by atoms with Crippen molar-refractivity contribution in [1.29, 1.82) is 0 Å². The molecular weight excluding hydrogens is 1530 g/mol. The van der Waals surface area contributed by atoms with Gasteiger partial charge in [0.2, 0.25) is 0 Å². The summed E-state index contributed by atoms with van der Waals surface area (Å²) in [6.45, 7) is 41.4. The lowest BCUT2D eigenvalue weighted by molar-refractivity contribution is -0.121. The molecule has 8 aromatic carbocycles. The number of carbonyl (C=O) groups is 8. The molecule has 0 spiro atoms. The van der Waals surface area contributed by atoms with Crippen LogP contribution in [-0.4, -0.2) is 118 Å². The lowest BCUT2D eigenvalue weighted by Crippen LogP contribution is -2.44. The zero-order valence-corrected chi connectivity index (χ0v) is 66.1. The Morgan fingerprint density at radius 1 is 0.377 bits per heavy atom. The molecule has 0 saturated carbocycles. The molecule has 4 aliphatic heterocycles. The Morgan fingerprint density at radius 2 is 0.719 bits per heavy atom. The van der Waals surface area contributed by atoms with Crippen molar-refractivity contribution in [2.45, 2.75) is 105 Å². The van der Waals surface area contributed by atoms with E-state index in [0.717, 1.165) is 39.1 Å². The predicted octanol–water partition coefficient (Wildman–Crippen LogP) is 15.6. The second kappa shape index (κ2) is 33.5. The van der Waals surface area contributed by atoms with Gasteiger partial charge < -0.3 is 40.9 Å². The van der Waals surface area contributed by atoms with Crippen molar-refractivity contribution in [1.82, 2.24) is 21.3 Å². The number of nitrogens with zero attached hydrogens (tertiary/aromatic N) is 12. The van der Waals surface area contributed by atoms with E-state index in [1.54, 1.807) is 149 Å². The summed E-state index contributed by atoms with van der Waals surface area (Å²) in [6.07, 6.45) is 0. The minimum absolute atomic E-state index is 0.0183. The Kier molecular flexibility index (Phi) is 19.3. The molecule has 24 nitrogen and oxygen atoms in total. The van der Waals surface area contributed by atoms with Crippen LogP contribution in [0, 0.1) is 65.6 Å². The van der Waals surface area contributed by atoms with Gasteiger partial charge in [0.1, 0.15) is 33.8 Å². The molecule has 4 heterocycles. The molecule has 0 aliphatic carbocycles. The predicted molar refractivity (Wildman–Crippen MR) is 456 cm³/mol. The second-order valence-corrected chi connectivity index (χ2v) is 28.8. The third-order valence-corrected chi connectivity index (χ3v) is 20.0. The van der Waals surface area contributed by atoms with Crippen molar-refractivity contribution < 1.29 is 67.7 Å². The zero-order chi connectivity index (χ0) is 96.8. The van der Waals surface area contributed by atoms with Crippen LogP contribution in [0.25, 0.3) is 19.4 Å². The van der Waals surface area contributed by atoms with Gasteiger partial charge in [-0.1, -0.05) is 24.3 Å². The van der Waals surface area contributed by atoms with E-state index in [-0.39, 0.29) is 103 Å². The van der Waals surface area contributed by atoms with Gasteiger partial charge in [-0.15, -0.1) is 0 Å². The highest BCUT2D eigenvalue weighted by molar-refractivity contribution is 7.81. The Bertz CT molecular complexity index is 6330. The monoisotopic (exact) mass is 1620 g/mol.